The standard InChI is InChI=1S/C12H22N4O2/c1-12(2)9-16(7-11(18-12)8-17-4)6-10-5-13-14-15(10)3/h5,11H,6-9H2,1-4H3/t11-/m1/s1. The molecule has 1 fully saturated rings. The first-order chi connectivity index (χ1) is 8.50. The van der Waals surface area contributed by atoms with Crippen molar-refractivity contribution in [1.82, 2.24) is 19.9 Å². The minimum absolute atomic E-state index is 0.125. The van der Waals surface area contributed by atoms with Crippen LogP contribution in [0, 0.1) is 0 Å². The van der Waals surface area contributed by atoms with Gasteiger partial charge in [-0.2, -0.15) is 0 Å². The van der Waals surface area contributed by atoms with Crippen LogP contribution in [0.2, 0.25) is 0 Å². The fourth-order valence-electron chi connectivity index (χ4n) is 2.49. The molecular formula is C12H22N4O2. The summed E-state index contributed by atoms with van der Waals surface area (Å²) in [5.41, 5.74) is 0.969. The smallest absolute Gasteiger partial charge is 0.0942 e. The highest BCUT2D eigenvalue weighted by atomic mass is 16.5. The predicted molar refractivity (Wildman–Crippen MR) is 67.1 cm³/mol. The first-order valence-corrected chi connectivity index (χ1v) is 6.23. The molecule has 0 N–H and O–H groups in total. The van der Waals surface area contributed by atoms with E-state index in [9.17, 15) is 0 Å². The fourth-order valence-corrected chi connectivity index (χ4v) is 2.49. The normalized spacial score (nSPS) is 24.3. The van der Waals surface area contributed by atoms with Gasteiger partial charge >= 0.3 is 0 Å². The Labute approximate surface area is 108 Å². The zero-order valence-corrected chi connectivity index (χ0v) is 11.6. The van der Waals surface area contributed by atoms with Crippen LogP contribution in [0.15, 0.2) is 6.20 Å². The zero-order valence-electron chi connectivity index (χ0n) is 11.6. The quantitative estimate of drug-likeness (QED) is 0.780. The van der Waals surface area contributed by atoms with Gasteiger partial charge in [-0.25, -0.2) is 0 Å². The minimum Gasteiger partial charge on any atom is -0.382 e. The van der Waals surface area contributed by atoms with Gasteiger partial charge in [0.25, 0.3) is 0 Å². The zero-order chi connectivity index (χ0) is 13.2. The van der Waals surface area contributed by atoms with Crippen molar-refractivity contribution in [3.8, 4) is 0 Å². The van der Waals surface area contributed by atoms with Crippen LogP contribution in [-0.2, 0) is 23.1 Å². The van der Waals surface area contributed by atoms with Gasteiger partial charge in [0.1, 0.15) is 0 Å². The average molecular weight is 254 g/mol. The summed E-state index contributed by atoms with van der Waals surface area (Å²) < 4.78 is 13.0. The van der Waals surface area contributed by atoms with Gasteiger partial charge in [-0.1, -0.05) is 5.21 Å². The summed E-state index contributed by atoms with van der Waals surface area (Å²) in [6.45, 7) is 7.48. The Morgan fingerprint density at radius 3 is 2.94 bits per heavy atom. The van der Waals surface area contributed by atoms with Crippen molar-refractivity contribution in [1.29, 1.82) is 0 Å². The summed E-state index contributed by atoms with van der Waals surface area (Å²) >= 11 is 0. The lowest BCUT2D eigenvalue weighted by Gasteiger charge is -2.42. The molecule has 18 heavy (non-hydrogen) atoms. The lowest BCUT2D eigenvalue weighted by atomic mass is 10.1. The van der Waals surface area contributed by atoms with Gasteiger partial charge in [-0.05, 0) is 13.8 Å². The Balaban J connectivity index is 2.01. The number of hydrogen-bond donors (Lipinski definition) is 0. The molecule has 1 aromatic heterocycles. The molecule has 0 aromatic carbocycles. The van der Waals surface area contributed by atoms with Crippen LogP contribution in [-0.4, -0.2) is 58.4 Å². The SMILES string of the molecule is COC[C@H]1CN(Cc2cnnn2C)CC(C)(C)O1. The molecule has 102 valence electrons. The first-order valence-electron chi connectivity index (χ1n) is 6.23. The number of nitrogens with zero attached hydrogens (tertiary/aromatic N) is 4. The first kappa shape index (κ1) is 13.5. The second-order valence-electron chi connectivity index (χ2n) is 5.47. The molecule has 1 aliphatic rings. The van der Waals surface area contributed by atoms with E-state index in [1.54, 1.807) is 7.11 Å². The van der Waals surface area contributed by atoms with E-state index in [1.165, 1.54) is 0 Å². The number of hydrogen-bond acceptors (Lipinski definition) is 5. The number of aromatic nitrogens is 3. The molecule has 0 spiro atoms. The largest absolute Gasteiger partial charge is 0.382 e. The van der Waals surface area contributed by atoms with E-state index in [-0.39, 0.29) is 11.7 Å². The monoisotopic (exact) mass is 254 g/mol. The molecule has 0 aliphatic carbocycles. The molecule has 0 saturated carbocycles. The van der Waals surface area contributed by atoms with Gasteiger partial charge in [0.15, 0.2) is 0 Å². The Hall–Kier alpha value is -0.980. The second kappa shape index (κ2) is 5.34. The molecule has 0 radical (unpaired) electrons. The molecule has 0 amide bonds. The molecule has 2 rings (SSSR count). The lowest BCUT2D eigenvalue weighted by Crippen LogP contribution is -2.53. The van der Waals surface area contributed by atoms with Gasteiger partial charge in [-0.15, -0.1) is 5.10 Å². The van der Waals surface area contributed by atoms with E-state index < -0.39 is 0 Å². The van der Waals surface area contributed by atoms with Crippen LogP contribution in [0.4, 0.5) is 0 Å². The third kappa shape index (κ3) is 3.28. The van der Waals surface area contributed by atoms with Crippen molar-refractivity contribution in [2.75, 3.05) is 26.8 Å². The summed E-state index contributed by atoms with van der Waals surface area (Å²) in [6, 6.07) is 0. The molecule has 1 aromatic rings. The van der Waals surface area contributed by atoms with Crippen molar-refractivity contribution in [2.45, 2.75) is 32.1 Å². The molecule has 6 heteroatoms. The minimum atomic E-state index is -0.145. The fraction of sp³-hybridized carbons (Fsp3) is 0.833. The maximum Gasteiger partial charge on any atom is 0.0942 e. The van der Waals surface area contributed by atoms with E-state index in [2.05, 4.69) is 29.1 Å². The van der Waals surface area contributed by atoms with Crippen molar-refractivity contribution < 1.29 is 9.47 Å². The molecule has 6 nitrogen and oxygen atoms in total. The van der Waals surface area contributed by atoms with Crippen LogP contribution in [0.25, 0.3) is 0 Å². The molecule has 0 bridgehead atoms. The molecule has 1 atom stereocenters. The molecule has 1 saturated heterocycles. The third-order valence-corrected chi connectivity index (χ3v) is 3.10. The second-order valence-corrected chi connectivity index (χ2v) is 5.47. The van der Waals surface area contributed by atoms with Crippen LogP contribution >= 0.6 is 0 Å². The third-order valence-electron chi connectivity index (χ3n) is 3.10. The van der Waals surface area contributed by atoms with Gasteiger partial charge in [-0.3, -0.25) is 9.58 Å². The van der Waals surface area contributed by atoms with E-state index >= 15 is 0 Å². The van der Waals surface area contributed by atoms with Crippen LogP contribution in [0.5, 0.6) is 0 Å². The lowest BCUT2D eigenvalue weighted by molar-refractivity contribution is -0.154. The van der Waals surface area contributed by atoms with Crippen LogP contribution in [0.3, 0.4) is 0 Å². The summed E-state index contributed by atoms with van der Waals surface area (Å²) in [6.07, 6.45) is 1.94. The Morgan fingerprint density at radius 2 is 2.33 bits per heavy atom. The van der Waals surface area contributed by atoms with Gasteiger partial charge < -0.3 is 9.47 Å². The highest BCUT2D eigenvalue weighted by molar-refractivity contribution is 4.95. The van der Waals surface area contributed by atoms with E-state index in [1.807, 2.05) is 17.9 Å². The van der Waals surface area contributed by atoms with Crippen molar-refractivity contribution >= 4 is 0 Å². The summed E-state index contributed by atoms with van der Waals surface area (Å²) in [7, 11) is 3.63. The summed E-state index contributed by atoms with van der Waals surface area (Å²) in [4.78, 5) is 2.37. The molecule has 2 heterocycles. The number of ether oxygens (including phenoxy) is 2. The van der Waals surface area contributed by atoms with Gasteiger partial charge in [0.2, 0.25) is 0 Å². The Kier molecular flexibility index (Phi) is 3.99. The highest BCUT2D eigenvalue weighted by Crippen LogP contribution is 2.22. The maximum atomic E-state index is 5.99. The molecule has 0 unspecified atom stereocenters. The van der Waals surface area contributed by atoms with E-state index in [0.717, 1.165) is 25.3 Å². The number of aryl methyl sites for hydroxylation is 1. The summed E-state index contributed by atoms with van der Waals surface area (Å²) in [5.74, 6) is 0. The van der Waals surface area contributed by atoms with Crippen molar-refractivity contribution in [2.24, 2.45) is 7.05 Å². The van der Waals surface area contributed by atoms with E-state index in [0.29, 0.717) is 6.61 Å². The summed E-state index contributed by atoms with van der Waals surface area (Å²) in [5, 5.41) is 7.87. The maximum absolute atomic E-state index is 5.99. The topological polar surface area (TPSA) is 52.4 Å². The van der Waals surface area contributed by atoms with E-state index in [4.69, 9.17) is 9.47 Å². The average Bonchev–Trinajstić information content (AvgIpc) is 2.62. The van der Waals surface area contributed by atoms with Crippen molar-refractivity contribution in [3.05, 3.63) is 11.9 Å². The molecular weight excluding hydrogens is 232 g/mol. The predicted octanol–water partition coefficient (Wildman–Crippen LogP) is 0.441. The number of morpholine rings is 1. The highest BCUT2D eigenvalue weighted by Gasteiger charge is 2.33. The van der Waals surface area contributed by atoms with Crippen molar-refractivity contribution in [3.63, 3.8) is 0 Å². The number of rotatable bonds is 4. The Bertz CT molecular complexity index is 391. The Morgan fingerprint density at radius 1 is 1.56 bits per heavy atom. The van der Waals surface area contributed by atoms with Crippen LogP contribution < -0.4 is 0 Å². The van der Waals surface area contributed by atoms with Gasteiger partial charge in [0.05, 0.1) is 30.2 Å². The van der Waals surface area contributed by atoms with Gasteiger partial charge in [0, 0.05) is 33.8 Å². The number of methoxy groups -OCH3 is 1. The molecule has 1 aliphatic heterocycles. The van der Waals surface area contributed by atoms with Crippen LogP contribution in [0.1, 0.15) is 19.5 Å².